The van der Waals surface area contributed by atoms with Crippen LogP contribution < -0.4 is 10.6 Å². The third-order valence-electron chi connectivity index (χ3n) is 13.9. The number of fused-ring (bicyclic) bond motifs is 5. The number of carbonyl (C=O) groups is 3. The number of aromatic hydroxyl groups is 2. The minimum absolute atomic E-state index is 0.0346. The summed E-state index contributed by atoms with van der Waals surface area (Å²) in [5.74, 6) is -1.46. The molecule has 0 saturated carbocycles. The Labute approximate surface area is 450 Å². The van der Waals surface area contributed by atoms with E-state index >= 15 is 0 Å². The van der Waals surface area contributed by atoms with Crippen LogP contribution in [-0.4, -0.2) is 27.8 Å². The van der Waals surface area contributed by atoms with Gasteiger partial charge < -0.3 is 20.8 Å². The summed E-state index contributed by atoms with van der Waals surface area (Å²) in [5, 5.41) is 49.2. The lowest BCUT2D eigenvalue weighted by atomic mass is 10.0. The molecule has 0 radical (unpaired) electrons. The van der Waals surface area contributed by atoms with Gasteiger partial charge in [-0.2, -0.15) is 10.2 Å². The molecule has 1 aliphatic rings. The van der Waals surface area contributed by atoms with E-state index in [0.717, 1.165) is 66.4 Å². The second-order valence-electron chi connectivity index (χ2n) is 19.4. The molecule has 2 amide bonds. The summed E-state index contributed by atoms with van der Waals surface area (Å²) < 4.78 is 0. The second kappa shape index (κ2) is 21.1. The number of hydrogen-bond donors (Lipinski definition) is 4. The molecule has 11 nitrogen and oxygen atoms in total. The lowest BCUT2D eigenvalue weighted by Gasteiger charge is -2.12. The van der Waals surface area contributed by atoms with Gasteiger partial charge in [-0.25, -0.2) is 0 Å². The van der Waals surface area contributed by atoms with Crippen molar-refractivity contribution in [3.8, 4) is 22.6 Å². The van der Waals surface area contributed by atoms with Crippen molar-refractivity contribution in [2.45, 2.75) is 27.7 Å². The first-order valence-corrected chi connectivity index (χ1v) is 25.3. The average molecular weight is 1020 g/mol. The van der Waals surface area contributed by atoms with Crippen LogP contribution in [0.25, 0.3) is 57.0 Å². The highest BCUT2D eigenvalue weighted by molar-refractivity contribution is 6.22. The van der Waals surface area contributed by atoms with Crippen LogP contribution in [0.5, 0.6) is 11.5 Å². The molecular weight excluding hydrogens is 969 g/mol. The maximum Gasteiger partial charge on any atom is 0.259 e. The number of hydrogen-bond acceptors (Lipinski definition) is 9. The number of anilines is 2. The summed E-state index contributed by atoms with van der Waals surface area (Å²) in [6.45, 7) is 7.82. The molecule has 11 rings (SSSR count). The molecule has 0 aliphatic heterocycles. The van der Waals surface area contributed by atoms with Gasteiger partial charge in [0.15, 0.2) is 17.3 Å². The molecule has 0 fully saturated rings. The quantitative estimate of drug-likeness (QED) is 0.0705. The smallest absolute Gasteiger partial charge is 0.259 e. The topological polar surface area (TPSA) is 165 Å². The van der Waals surface area contributed by atoms with Crippen molar-refractivity contribution < 1.29 is 24.6 Å². The Morgan fingerprint density at radius 2 is 0.795 bits per heavy atom. The van der Waals surface area contributed by atoms with E-state index in [0.29, 0.717) is 44.6 Å². The third kappa shape index (κ3) is 10.2. The zero-order valence-electron chi connectivity index (χ0n) is 43.0. The fourth-order valence-electron chi connectivity index (χ4n) is 9.70. The number of amides is 2. The van der Waals surface area contributed by atoms with Gasteiger partial charge in [0.2, 0.25) is 0 Å². The molecule has 0 heterocycles. The van der Waals surface area contributed by atoms with E-state index in [4.69, 9.17) is 0 Å². The zero-order valence-corrected chi connectivity index (χ0v) is 43.0. The summed E-state index contributed by atoms with van der Waals surface area (Å²) in [6, 6.07) is 56.4. The predicted molar refractivity (Wildman–Crippen MR) is 313 cm³/mol. The van der Waals surface area contributed by atoms with Gasteiger partial charge >= 0.3 is 0 Å². The Morgan fingerprint density at radius 1 is 0.410 bits per heavy atom. The SMILES string of the molecule is Cc1ccc(NC(=O)c2cc3ccccc3c(N=Nc3ccc(/C=C/c4ccc5c(c4)C(=O)c4cc(/C=C/c6ccc(N=Nc7c(O)c(C(=O)Nc8ccc(C)cc8C)cc8ccccc78)cc6)ccc4-5)cc3)c2O)c(C)c1. The Morgan fingerprint density at radius 3 is 1.21 bits per heavy atom. The first kappa shape index (κ1) is 49.8. The van der Waals surface area contributed by atoms with E-state index in [1.54, 1.807) is 12.1 Å². The van der Waals surface area contributed by atoms with Crippen molar-refractivity contribution in [3.63, 3.8) is 0 Å². The van der Waals surface area contributed by atoms with E-state index in [-0.39, 0.29) is 39.8 Å². The first-order valence-electron chi connectivity index (χ1n) is 25.3. The van der Waals surface area contributed by atoms with Crippen LogP contribution in [0, 0.1) is 27.7 Å². The van der Waals surface area contributed by atoms with E-state index in [9.17, 15) is 24.6 Å². The van der Waals surface area contributed by atoms with Gasteiger partial charge in [0.1, 0.15) is 11.4 Å². The van der Waals surface area contributed by atoms with E-state index < -0.39 is 11.8 Å². The van der Waals surface area contributed by atoms with Crippen molar-refractivity contribution in [3.05, 3.63) is 249 Å². The molecule has 0 aromatic heterocycles. The van der Waals surface area contributed by atoms with Crippen molar-refractivity contribution in [2.75, 3.05) is 10.6 Å². The number of benzene rings is 10. The number of phenolic OH excluding ortho intramolecular Hbond substituents is 2. The van der Waals surface area contributed by atoms with E-state index in [2.05, 4.69) is 31.1 Å². The van der Waals surface area contributed by atoms with Gasteiger partial charge in [0.05, 0.1) is 22.5 Å². The van der Waals surface area contributed by atoms with E-state index in [1.165, 1.54) is 0 Å². The van der Waals surface area contributed by atoms with Crippen LogP contribution in [0.15, 0.2) is 202 Å². The third-order valence-corrected chi connectivity index (χ3v) is 13.9. The number of ketones is 1. The molecule has 0 spiro atoms. The molecule has 11 heteroatoms. The molecular formula is C67H50N6O5. The van der Waals surface area contributed by atoms with Gasteiger partial charge in [0.25, 0.3) is 11.8 Å². The molecule has 0 atom stereocenters. The first-order chi connectivity index (χ1) is 37.8. The van der Waals surface area contributed by atoms with Crippen LogP contribution in [-0.2, 0) is 0 Å². The van der Waals surface area contributed by atoms with Crippen LogP contribution in [0.1, 0.15) is 81.1 Å². The molecule has 4 N–H and O–H groups in total. The summed E-state index contributed by atoms with van der Waals surface area (Å²) in [5.41, 5.74) is 13.6. The maximum absolute atomic E-state index is 13.9. The number of azo groups is 2. The lowest BCUT2D eigenvalue weighted by Crippen LogP contribution is -2.13. The molecule has 1 aliphatic carbocycles. The largest absolute Gasteiger partial charge is 0.505 e. The van der Waals surface area contributed by atoms with Gasteiger partial charge in [-0.1, -0.05) is 157 Å². The van der Waals surface area contributed by atoms with Crippen molar-refractivity contribution >= 4 is 97.6 Å². The number of aryl methyl sites for hydroxylation is 4. The molecule has 0 unspecified atom stereocenters. The van der Waals surface area contributed by atoms with Gasteiger partial charge in [-0.3, -0.25) is 14.4 Å². The Kier molecular flexibility index (Phi) is 13.5. The number of carbonyl (C=O) groups excluding carboxylic acids is 3. The minimum Gasteiger partial charge on any atom is -0.505 e. The lowest BCUT2D eigenvalue weighted by molar-refractivity contribution is 0.101. The Balaban J connectivity index is 0.740. The van der Waals surface area contributed by atoms with Crippen LogP contribution >= 0.6 is 0 Å². The van der Waals surface area contributed by atoms with E-state index in [1.807, 2.05) is 222 Å². The minimum atomic E-state index is -0.451. The fourth-order valence-corrected chi connectivity index (χ4v) is 9.70. The predicted octanol–water partition coefficient (Wildman–Crippen LogP) is 17.5. The van der Waals surface area contributed by atoms with Gasteiger partial charge in [0, 0.05) is 33.3 Å². The fraction of sp³-hybridized carbons (Fsp3) is 0.0597. The standard InChI is InChI=1S/C67H50N6O5/c1-39-13-31-59(41(3)33-39)68-66(77)57-37-47-9-5-7-11-51(47)61(64(57)75)72-70-49-25-19-43(20-26-49)15-17-45-23-29-53-54-30-24-46(36-56(54)63(74)55(53)35-45)18-16-44-21-27-50(28-22-44)71-73-62-52-12-8-6-10-48(52)38-58(65(62)76)67(78)69-60-32-14-40(2)34-42(60)4/h5-38,75-76H,1-4H3,(H,68,77)(H,69,78)/b17-15+,18-16+,72-70?,73-71?. The number of nitrogens with one attached hydrogen (secondary N) is 2. The second-order valence-corrected chi connectivity index (χ2v) is 19.4. The Hall–Kier alpha value is -10.4. The van der Waals surface area contributed by atoms with Crippen molar-refractivity contribution in [1.82, 2.24) is 0 Å². The summed E-state index contributed by atoms with van der Waals surface area (Å²) in [6.07, 6.45) is 7.86. The molecule has 78 heavy (non-hydrogen) atoms. The molecule has 0 saturated heterocycles. The zero-order chi connectivity index (χ0) is 54.0. The average Bonchev–Trinajstić information content (AvgIpc) is 3.72. The highest BCUT2D eigenvalue weighted by Gasteiger charge is 2.27. The summed E-state index contributed by atoms with van der Waals surface area (Å²) in [7, 11) is 0. The van der Waals surface area contributed by atoms with Crippen LogP contribution in [0.2, 0.25) is 0 Å². The number of rotatable bonds is 12. The molecule has 10 aromatic rings. The van der Waals surface area contributed by atoms with Crippen molar-refractivity contribution in [1.29, 1.82) is 0 Å². The number of phenols is 2. The number of nitrogens with zero attached hydrogens (tertiary/aromatic N) is 4. The Bertz CT molecular complexity index is 3940. The van der Waals surface area contributed by atoms with Crippen LogP contribution in [0.4, 0.5) is 34.1 Å². The van der Waals surface area contributed by atoms with Gasteiger partial charge in [-0.05, 0) is 144 Å². The molecule has 378 valence electrons. The van der Waals surface area contributed by atoms with Crippen molar-refractivity contribution in [2.24, 2.45) is 20.5 Å². The highest BCUT2D eigenvalue weighted by atomic mass is 16.3. The maximum atomic E-state index is 13.9. The molecule has 0 bridgehead atoms. The summed E-state index contributed by atoms with van der Waals surface area (Å²) in [4.78, 5) is 40.8. The van der Waals surface area contributed by atoms with Gasteiger partial charge in [-0.15, -0.1) is 10.2 Å². The normalized spacial score (nSPS) is 12.1. The van der Waals surface area contributed by atoms with Crippen LogP contribution in [0.3, 0.4) is 0 Å². The highest BCUT2D eigenvalue weighted by Crippen LogP contribution is 2.42. The monoisotopic (exact) mass is 1020 g/mol. The summed E-state index contributed by atoms with van der Waals surface area (Å²) >= 11 is 0. The molecule has 10 aromatic carbocycles.